The zero-order valence-corrected chi connectivity index (χ0v) is 26.0. The number of benzene rings is 3. The minimum absolute atomic E-state index is 0.0752. The SMILES string of the molecule is CC.Cc1cccc(CN(C(=O)C[C@H](C)c2ccc(F)cc2)c2ccc3c(c2)C(NS(=O)c2cccc(F)c2)CCC3)n1. The highest BCUT2D eigenvalue weighted by Crippen LogP contribution is 2.34. The van der Waals surface area contributed by atoms with Gasteiger partial charge in [-0.2, -0.15) is 0 Å². The van der Waals surface area contributed by atoms with E-state index in [0.717, 1.165) is 53.0 Å². The number of halogens is 2. The van der Waals surface area contributed by atoms with Crippen LogP contribution < -0.4 is 9.62 Å². The van der Waals surface area contributed by atoms with Crippen molar-refractivity contribution in [2.24, 2.45) is 0 Å². The molecule has 0 radical (unpaired) electrons. The molecule has 3 aromatic carbocycles. The maximum atomic E-state index is 13.9. The van der Waals surface area contributed by atoms with E-state index >= 15 is 0 Å². The van der Waals surface area contributed by atoms with Crippen LogP contribution in [0.2, 0.25) is 0 Å². The quantitative estimate of drug-likeness (QED) is 0.210. The van der Waals surface area contributed by atoms with E-state index in [9.17, 15) is 17.8 Å². The van der Waals surface area contributed by atoms with Crippen molar-refractivity contribution >= 4 is 22.6 Å². The summed E-state index contributed by atoms with van der Waals surface area (Å²) >= 11 is 0. The number of carbonyl (C=O) groups excluding carboxylic acids is 1. The molecule has 8 heteroatoms. The molecule has 0 bridgehead atoms. The number of nitrogens with one attached hydrogen (secondary N) is 1. The smallest absolute Gasteiger partial charge is 0.227 e. The van der Waals surface area contributed by atoms with Gasteiger partial charge in [0.1, 0.15) is 22.6 Å². The van der Waals surface area contributed by atoms with Crippen LogP contribution >= 0.6 is 0 Å². The first-order valence-electron chi connectivity index (χ1n) is 14.8. The second-order valence-electron chi connectivity index (χ2n) is 10.6. The van der Waals surface area contributed by atoms with Crippen molar-refractivity contribution in [3.63, 3.8) is 0 Å². The van der Waals surface area contributed by atoms with Crippen LogP contribution in [0.3, 0.4) is 0 Å². The largest absolute Gasteiger partial charge is 0.306 e. The van der Waals surface area contributed by atoms with E-state index in [1.807, 2.05) is 64.1 Å². The van der Waals surface area contributed by atoms with Gasteiger partial charge in [0, 0.05) is 23.8 Å². The van der Waals surface area contributed by atoms with Crippen LogP contribution in [0.4, 0.5) is 14.5 Å². The van der Waals surface area contributed by atoms with Crippen LogP contribution in [0.25, 0.3) is 0 Å². The number of aryl methyl sites for hydroxylation is 2. The molecule has 5 rings (SSSR count). The van der Waals surface area contributed by atoms with Gasteiger partial charge in [-0.15, -0.1) is 0 Å². The molecule has 226 valence electrons. The molecule has 5 nitrogen and oxygen atoms in total. The average Bonchev–Trinajstić information content (AvgIpc) is 3.01. The summed E-state index contributed by atoms with van der Waals surface area (Å²) in [5.74, 6) is -0.932. The lowest BCUT2D eigenvalue weighted by atomic mass is 9.87. The molecule has 0 saturated heterocycles. The molecule has 0 spiro atoms. The molecule has 0 fully saturated rings. The number of carbonyl (C=O) groups is 1. The van der Waals surface area contributed by atoms with Crippen LogP contribution in [0.1, 0.15) is 80.1 Å². The summed E-state index contributed by atoms with van der Waals surface area (Å²) in [7, 11) is -1.60. The lowest BCUT2D eigenvalue weighted by Crippen LogP contribution is -2.32. The van der Waals surface area contributed by atoms with Crippen LogP contribution in [-0.4, -0.2) is 15.1 Å². The van der Waals surface area contributed by atoms with E-state index in [-0.39, 0.29) is 30.1 Å². The Balaban J connectivity index is 0.00000207. The van der Waals surface area contributed by atoms with Crippen molar-refractivity contribution in [2.75, 3.05) is 4.90 Å². The number of fused-ring (bicyclic) bond motifs is 1. The normalized spacial score (nSPS) is 15.4. The van der Waals surface area contributed by atoms with Gasteiger partial charge in [0.2, 0.25) is 5.91 Å². The molecule has 0 saturated carbocycles. The predicted octanol–water partition coefficient (Wildman–Crippen LogP) is 8.11. The number of aromatic nitrogens is 1. The summed E-state index contributed by atoms with van der Waals surface area (Å²) < 4.78 is 43.5. The van der Waals surface area contributed by atoms with Gasteiger partial charge in [-0.25, -0.2) is 17.7 Å². The van der Waals surface area contributed by atoms with E-state index in [4.69, 9.17) is 0 Å². The molecule has 1 aliphatic carbocycles. The molecule has 4 aromatic rings. The Labute approximate surface area is 256 Å². The Morgan fingerprint density at radius 3 is 2.47 bits per heavy atom. The molecule has 0 aliphatic heterocycles. The fraction of sp³-hybridized carbons (Fsp3) is 0.314. The summed E-state index contributed by atoms with van der Waals surface area (Å²) in [6.07, 6.45) is 2.82. The molecule has 1 aliphatic rings. The minimum Gasteiger partial charge on any atom is -0.306 e. The van der Waals surface area contributed by atoms with Gasteiger partial charge in [0.25, 0.3) is 0 Å². The van der Waals surface area contributed by atoms with Crippen molar-refractivity contribution in [1.29, 1.82) is 0 Å². The fourth-order valence-electron chi connectivity index (χ4n) is 5.31. The van der Waals surface area contributed by atoms with E-state index in [1.165, 1.54) is 24.3 Å². The number of amides is 1. The number of rotatable bonds is 9. The summed E-state index contributed by atoms with van der Waals surface area (Å²) in [6, 6.07) is 23.6. The molecule has 1 N–H and O–H groups in total. The molecule has 1 amide bonds. The minimum atomic E-state index is -1.60. The Kier molecular flexibility index (Phi) is 11.3. The average molecular weight is 604 g/mol. The Morgan fingerprint density at radius 2 is 1.74 bits per heavy atom. The van der Waals surface area contributed by atoms with Crippen molar-refractivity contribution < 1.29 is 17.8 Å². The van der Waals surface area contributed by atoms with Crippen LogP contribution in [-0.2, 0) is 28.7 Å². The first-order valence-corrected chi connectivity index (χ1v) is 16.0. The highest BCUT2D eigenvalue weighted by molar-refractivity contribution is 7.83. The van der Waals surface area contributed by atoms with Crippen molar-refractivity contribution in [3.05, 3.63) is 125 Å². The number of pyridine rings is 1. The third-order valence-electron chi connectivity index (χ3n) is 7.50. The van der Waals surface area contributed by atoms with Crippen LogP contribution in [0.15, 0.2) is 89.8 Å². The van der Waals surface area contributed by atoms with Gasteiger partial charge in [0.15, 0.2) is 0 Å². The Morgan fingerprint density at radius 1 is 1.00 bits per heavy atom. The number of anilines is 1. The van der Waals surface area contributed by atoms with Gasteiger partial charge in [-0.1, -0.05) is 51.1 Å². The van der Waals surface area contributed by atoms with E-state index in [1.54, 1.807) is 29.2 Å². The summed E-state index contributed by atoms with van der Waals surface area (Å²) in [5.41, 5.74) is 5.38. The van der Waals surface area contributed by atoms with Crippen molar-refractivity contribution in [3.8, 4) is 0 Å². The molecule has 2 unspecified atom stereocenters. The number of nitrogens with zero attached hydrogens (tertiary/aromatic N) is 2. The molecule has 3 atom stereocenters. The van der Waals surface area contributed by atoms with Crippen LogP contribution in [0.5, 0.6) is 0 Å². The van der Waals surface area contributed by atoms with E-state index in [2.05, 4.69) is 9.71 Å². The van der Waals surface area contributed by atoms with Crippen molar-refractivity contribution in [2.45, 2.75) is 76.8 Å². The third-order valence-corrected chi connectivity index (χ3v) is 8.68. The Bertz CT molecular complexity index is 1560. The molecule has 1 heterocycles. The standard InChI is InChI=1S/C33H33F2N3O2S.C2H6/c1-22(24-12-15-26(34)16-13-24)18-33(39)38(21-28-9-3-6-23(2)36-28)29-17-14-25-7-4-11-32(31(25)20-29)37-41(40)30-10-5-8-27(35)19-30;1-2/h3,5-6,8-10,12-17,19-20,22,32,37H,4,7,11,18,21H2,1-2H3;1-2H3/t22-,32?,41?;/m0./s1. The second-order valence-corrected chi connectivity index (χ2v) is 11.8. The number of hydrogen-bond acceptors (Lipinski definition) is 3. The van der Waals surface area contributed by atoms with E-state index in [0.29, 0.717) is 11.4 Å². The lowest BCUT2D eigenvalue weighted by Gasteiger charge is -2.30. The van der Waals surface area contributed by atoms with Gasteiger partial charge in [0.05, 0.1) is 17.1 Å². The highest BCUT2D eigenvalue weighted by Gasteiger charge is 2.26. The van der Waals surface area contributed by atoms with Gasteiger partial charge < -0.3 is 4.90 Å². The Hall–Kier alpha value is -3.75. The maximum Gasteiger partial charge on any atom is 0.227 e. The third kappa shape index (κ3) is 8.42. The first kappa shape index (κ1) is 32.2. The molecular formula is C35H39F2N3O2S. The summed E-state index contributed by atoms with van der Waals surface area (Å²) in [6.45, 7) is 8.17. The van der Waals surface area contributed by atoms with E-state index < -0.39 is 16.8 Å². The second kappa shape index (κ2) is 15.1. The van der Waals surface area contributed by atoms with Crippen LogP contribution in [0, 0.1) is 18.6 Å². The maximum absolute atomic E-state index is 13.9. The summed E-state index contributed by atoms with van der Waals surface area (Å²) in [5, 5.41) is 0. The molecular weight excluding hydrogens is 564 g/mol. The highest BCUT2D eigenvalue weighted by atomic mass is 32.2. The van der Waals surface area contributed by atoms with Gasteiger partial charge in [-0.05, 0) is 103 Å². The monoisotopic (exact) mass is 603 g/mol. The lowest BCUT2D eigenvalue weighted by molar-refractivity contribution is -0.119. The summed E-state index contributed by atoms with van der Waals surface area (Å²) in [4.78, 5) is 20.6. The van der Waals surface area contributed by atoms with Gasteiger partial charge >= 0.3 is 0 Å². The first-order chi connectivity index (χ1) is 20.8. The zero-order chi connectivity index (χ0) is 30.9. The molecule has 43 heavy (non-hydrogen) atoms. The zero-order valence-electron chi connectivity index (χ0n) is 25.1. The van der Waals surface area contributed by atoms with Crippen molar-refractivity contribution in [1.82, 2.24) is 9.71 Å². The number of hydrogen-bond donors (Lipinski definition) is 1. The molecule has 1 aromatic heterocycles. The predicted molar refractivity (Wildman–Crippen MR) is 169 cm³/mol. The topological polar surface area (TPSA) is 62.3 Å². The fourth-order valence-corrected chi connectivity index (χ4v) is 6.37. The van der Waals surface area contributed by atoms with Gasteiger partial charge in [-0.3, -0.25) is 9.78 Å².